The minimum atomic E-state index is 0.197. The molecule has 0 aliphatic carbocycles. The summed E-state index contributed by atoms with van der Waals surface area (Å²) in [5, 5.41) is 0. The van der Waals surface area contributed by atoms with E-state index in [-0.39, 0.29) is 6.04 Å². The largest absolute Gasteiger partial charge is 0.399 e. The highest BCUT2D eigenvalue weighted by Crippen LogP contribution is 2.28. The van der Waals surface area contributed by atoms with Crippen molar-refractivity contribution in [1.82, 2.24) is 4.90 Å². The van der Waals surface area contributed by atoms with Gasteiger partial charge in [-0.1, -0.05) is 42.5 Å². The third-order valence-corrected chi connectivity index (χ3v) is 4.05. The average Bonchev–Trinajstić information content (AvgIpc) is 2.81. The van der Waals surface area contributed by atoms with E-state index in [2.05, 4.69) is 47.4 Å². The molecule has 0 radical (unpaired) electrons. The van der Waals surface area contributed by atoms with Crippen LogP contribution in [0.3, 0.4) is 0 Å². The van der Waals surface area contributed by atoms with Gasteiger partial charge in [0.15, 0.2) is 0 Å². The maximum Gasteiger partial charge on any atom is 0.0314 e. The van der Waals surface area contributed by atoms with E-state index in [1.54, 1.807) is 0 Å². The van der Waals surface area contributed by atoms with Crippen molar-refractivity contribution in [3.05, 3.63) is 65.7 Å². The second kappa shape index (κ2) is 5.65. The molecule has 0 saturated carbocycles. The molecule has 1 aliphatic heterocycles. The molecule has 3 nitrogen and oxygen atoms in total. The van der Waals surface area contributed by atoms with Gasteiger partial charge in [0.1, 0.15) is 0 Å². The summed E-state index contributed by atoms with van der Waals surface area (Å²) in [5.74, 6) is 0.402. The van der Waals surface area contributed by atoms with E-state index in [0.717, 1.165) is 25.3 Å². The molecule has 1 heterocycles. The summed E-state index contributed by atoms with van der Waals surface area (Å²) in [5.41, 5.74) is 15.5. The van der Waals surface area contributed by atoms with E-state index < -0.39 is 0 Å². The zero-order valence-corrected chi connectivity index (χ0v) is 11.6. The molecular formula is C17H21N3. The second-order valence-electron chi connectivity index (χ2n) is 5.62. The second-order valence-corrected chi connectivity index (χ2v) is 5.62. The Morgan fingerprint density at radius 1 is 0.950 bits per heavy atom. The molecule has 4 N–H and O–H groups in total. The fraction of sp³-hybridized carbons (Fsp3) is 0.294. The zero-order valence-electron chi connectivity index (χ0n) is 11.6. The topological polar surface area (TPSA) is 55.3 Å². The number of nitrogen functional groups attached to an aromatic ring is 1. The first-order valence-corrected chi connectivity index (χ1v) is 7.09. The Labute approximate surface area is 120 Å². The summed E-state index contributed by atoms with van der Waals surface area (Å²) >= 11 is 0. The number of hydrogen-bond donors (Lipinski definition) is 2. The lowest BCUT2D eigenvalue weighted by molar-refractivity contribution is 0.324. The number of rotatable bonds is 3. The average molecular weight is 267 g/mol. The van der Waals surface area contributed by atoms with Crippen molar-refractivity contribution < 1.29 is 0 Å². The number of nitrogens with two attached hydrogens (primary N) is 2. The van der Waals surface area contributed by atoms with Crippen LogP contribution in [0.1, 0.15) is 17.0 Å². The van der Waals surface area contributed by atoms with Crippen molar-refractivity contribution in [2.24, 2.45) is 5.73 Å². The van der Waals surface area contributed by atoms with Gasteiger partial charge in [0.05, 0.1) is 0 Å². The SMILES string of the molecule is Nc1ccc(C2CN(Cc3ccccc3)CC2N)cc1. The molecule has 0 aromatic heterocycles. The first-order valence-electron chi connectivity index (χ1n) is 7.09. The molecule has 2 atom stereocenters. The third-order valence-electron chi connectivity index (χ3n) is 4.05. The lowest BCUT2D eigenvalue weighted by Crippen LogP contribution is -2.28. The highest BCUT2D eigenvalue weighted by Gasteiger charge is 2.30. The molecule has 1 fully saturated rings. The first kappa shape index (κ1) is 13.2. The Bertz CT molecular complexity index is 550. The summed E-state index contributed by atoms with van der Waals surface area (Å²) in [6.07, 6.45) is 0. The van der Waals surface area contributed by atoms with Crippen LogP contribution in [-0.2, 0) is 6.54 Å². The highest BCUT2D eigenvalue weighted by atomic mass is 15.2. The van der Waals surface area contributed by atoms with E-state index in [9.17, 15) is 0 Å². The minimum absolute atomic E-state index is 0.197. The maximum atomic E-state index is 6.32. The Morgan fingerprint density at radius 3 is 2.35 bits per heavy atom. The van der Waals surface area contributed by atoms with Gasteiger partial charge in [0, 0.05) is 37.3 Å². The lowest BCUT2D eigenvalue weighted by Gasteiger charge is -2.16. The van der Waals surface area contributed by atoms with Crippen LogP contribution in [0, 0.1) is 0 Å². The van der Waals surface area contributed by atoms with Gasteiger partial charge in [-0.05, 0) is 23.3 Å². The van der Waals surface area contributed by atoms with Gasteiger partial charge in [-0.25, -0.2) is 0 Å². The lowest BCUT2D eigenvalue weighted by atomic mass is 9.95. The molecule has 0 spiro atoms. The number of anilines is 1. The standard InChI is InChI=1S/C17H21N3/c18-15-8-6-14(7-9-15)16-11-20(12-17(16)19)10-13-4-2-1-3-5-13/h1-9,16-17H,10-12,18-19H2. The van der Waals surface area contributed by atoms with Gasteiger partial charge in [-0.3, -0.25) is 4.90 Å². The van der Waals surface area contributed by atoms with Crippen LogP contribution in [0.5, 0.6) is 0 Å². The maximum absolute atomic E-state index is 6.32. The first-order chi connectivity index (χ1) is 9.72. The van der Waals surface area contributed by atoms with E-state index >= 15 is 0 Å². The van der Waals surface area contributed by atoms with E-state index in [4.69, 9.17) is 11.5 Å². The predicted octanol–water partition coefficient (Wildman–Crippen LogP) is 2.20. The molecule has 1 aliphatic rings. The van der Waals surface area contributed by atoms with Gasteiger partial charge in [0.2, 0.25) is 0 Å². The molecule has 2 unspecified atom stereocenters. The summed E-state index contributed by atoms with van der Waals surface area (Å²) in [4.78, 5) is 2.43. The third kappa shape index (κ3) is 2.84. The Morgan fingerprint density at radius 2 is 1.65 bits per heavy atom. The molecule has 1 saturated heterocycles. The van der Waals surface area contributed by atoms with Crippen molar-refractivity contribution in [2.75, 3.05) is 18.8 Å². The van der Waals surface area contributed by atoms with E-state index in [0.29, 0.717) is 5.92 Å². The van der Waals surface area contributed by atoms with Crippen molar-refractivity contribution in [3.63, 3.8) is 0 Å². The quantitative estimate of drug-likeness (QED) is 0.838. The Kier molecular flexibility index (Phi) is 3.72. The molecular weight excluding hydrogens is 246 g/mol. The molecule has 2 aromatic carbocycles. The van der Waals surface area contributed by atoms with Crippen LogP contribution in [0.15, 0.2) is 54.6 Å². The number of hydrogen-bond acceptors (Lipinski definition) is 3. The van der Waals surface area contributed by atoms with E-state index in [1.165, 1.54) is 11.1 Å². The van der Waals surface area contributed by atoms with Gasteiger partial charge >= 0.3 is 0 Å². The number of likely N-dealkylation sites (tertiary alicyclic amines) is 1. The highest BCUT2D eigenvalue weighted by molar-refractivity contribution is 5.41. The molecule has 0 bridgehead atoms. The summed E-state index contributed by atoms with van der Waals surface area (Å²) in [6.45, 7) is 2.93. The monoisotopic (exact) mass is 267 g/mol. The van der Waals surface area contributed by atoms with Crippen LogP contribution in [0.4, 0.5) is 5.69 Å². The van der Waals surface area contributed by atoms with Crippen LogP contribution in [-0.4, -0.2) is 24.0 Å². The smallest absolute Gasteiger partial charge is 0.0314 e. The molecule has 3 rings (SSSR count). The van der Waals surface area contributed by atoms with Crippen molar-refractivity contribution in [3.8, 4) is 0 Å². The van der Waals surface area contributed by atoms with Crippen LogP contribution in [0.25, 0.3) is 0 Å². The van der Waals surface area contributed by atoms with Crippen LogP contribution in [0.2, 0.25) is 0 Å². The Balaban J connectivity index is 1.69. The molecule has 20 heavy (non-hydrogen) atoms. The fourth-order valence-corrected chi connectivity index (χ4v) is 2.98. The van der Waals surface area contributed by atoms with Gasteiger partial charge in [0.25, 0.3) is 0 Å². The summed E-state index contributed by atoms with van der Waals surface area (Å²) < 4.78 is 0. The Hall–Kier alpha value is -1.84. The zero-order chi connectivity index (χ0) is 13.9. The van der Waals surface area contributed by atoms with Crippen molar-refractivity contribution in [1.29, 1.82) is 0 Å². The summed E-state index contributed by atoms with van der Waals surface area (Å²) in [6, 6.07) is 18.9. The molecule has 104 valence electrons. The predicted molar refractivity (Wildman–Crippen MR) is 83.3 cm³/mol. The summed E-state index contributed by atoms with van der Waals surface area (Å²) in [7, 11) is 0. The van der Waals surface area contributed by atoms with Gasteiger partial charge in [-0.2, -0.15) is 0 Å². The number of nitrogens with zero attached hydrogens (tertiary/aromatic N) is 1. The van der Waals surface area contributed by atoms with Crippen molar-refractivity contribution in [2.45, 2.75) is 18.5 Å². The van der Waals surface area contributed by atoms with Crippen LogP contribution >= 0.6 is 0 Å². The van der Waals surface area contributed by atoms with Crippen LogP contribution < -0.4 is 11.5 Å². The van der Waals surface area contributed by atoms with Gasteiger partial charge < -0.3 is 11.5 Å². The van der Waals surface area contributed by atoms with Gasteiger partial charge in [-0.15, -0.1) is 0 Å². The fourth-order valence-electron chi connectivity index (χ4n) is 2.98. The van der Waals surface area contributed by atoms with Crippen molar-refractivity contribution >= 4 is 5.69 Å². The van der Waals surface area contributed by atoms with E-state index in [1.807, 2.05) is 12.1 Å². The molecule has 0 amide bonds. The normalized spacial score (nSPS) is 23.1. The number of benzene rings is 2. The minimum Gasteiger partial charge on any atom is -0.399 e. The molecule has 3 heteroatoms. The molecule has 2 aromatic rings.